The number of aryl methyl sites for hydroxylation is 8. The molecule has 2 aliphatic rings. The molecule has 0 saturated heterocycles. The minimum atomic E-state index is 0.943. The molecule has 5 heterocycles. The summed E-state index contributed by atoms with van der Waals surface area (Å²) in [6.45, 7) is 35.9. The minimum Gasteiger partial charge on any atom is -0.354 e. The van der Waals surface area contributed by atoms with E-state index < -0.39 is 0 Å². The zero-order valence-electron chi connectivity index (χ0n) is 40.8. The van der Waals surface area contributed by atoms with Gasteiger partial charge in [0.25, 0.3) is 0 Å². The lowest BCUT2D eigenvalue weighted by molar-refractivity contribution is 1.22. The number of aromatic nitrogens is 4. The average Bonchev–Trinajstić information content (AvgIpc) is 4.10. The molecule has 0 unspecified atom stereocenters. The average molecular weight is 839 g/mol. The summed E-state index contributed by atoms with van der Waals surface area (Å²) in [7, 11) is 0. The quantitative estimate of drug-likeness (QED) is 0.185. The van der Waals surface area contributed by atoms with Crippen LogP contribution in [0.3, 0.4) is 0 Å². The van der Waals surface area contributed by atoms with E-state index in [1.807, 2.05) is 0 Å². The second kappa shape index (κ2) is 15.6. The Morgan fingerprint density at radius 2 is 0.422 bits per heavy atom. The maximum Gasteiger partial charge on any atom is 0.0737 e. The van der Waals surface area contributed by atoms with E-state index in [2.05, 4.69) is 194 Å². The fourth-order valence-electron chi connectivity index (χ4n) is 10.6. The van der Waals surface area contributed by atoms with Gasteiger partial charge in [0.1, 0.15) is 0 Å². The topological polar surface area (TPSA) is 57.4 Å². The van der Waals surface area contributed by atoms with Crippen LogP contribution in [0.25, 0.3) is 90.9 Å². The number of fused-ring (bicyclic) bond motifs is 8. The van der Waals surface area contributed by atoms with Crippen molar-refractivity contribution in [2.75, 3.05) is 0 Å². The first kappa shape index (κ1) is 42.8. The van der Waals surface area contributed by atoms with Crippen LogP contribution in [0.15, 0.2) is 48.5 Å². The molecule has 4 aromatic carbocycles. The fraction of sp³-hybridized carbons (Fsp3) is 0.267. The van der Waals surface area contributed by atoms with Gasteiger partial charge in [-0.05, 0) is 271 Å². The van der Waals surface area contributed by atoms with E-state index in [-0.39, 0.29) is 0 Å². The van der Waals surface area contributed by atoms with Crippen molar-refractivity contribution in [3.05, 3.63) is 160 Å². The Hall–Kier alpha value is -6.52. The molecule has 4 heteroatoms. The molecule has 0 amide bonds. The normalized spacial score (nSPS) is 12.2. The second-order valence-electron chi connectivity index (χ2n) is 19.0. The van der Waals surface area contributed by atoms with Crippen molar-refractivity contribution in [3.8, 4) is 44.5 Å². The lowest BCUT2D eigenvalue weighted by Crippen LogP contribution is -1.99. The van der Waals surface area contributed by atoms with E-state index in [4.69, 9.17) is 9.97 Å². The molecule has 7 aromatic rings. The summed E-state index contributed by atoms with van der Waals surface area (Å²) in [5.74, 6) is 0. The molecule has 322 valence electrons. The number of hydrogen-bond donors (Lipinski definition) is 2. The van der Waals surface area contributed by atoms with Gasteiger partial charge in [-0.3, -0.25) is 0 Å². The van der Waals surface area contributed by atoms with Crippen LogP contribution in [-0.2, 0) is 0 Å². The summed E-state index contributed by atoms with van der Waals surface area (Å²) < 4.78 is 0. The summed E-state index contributed by atoms with van der Waals surface area (Å²) >= 11 is 0. The van der Waals surface area contributed by atoms with Gasteiger partial charge in [-0.1, -0.05) is 24.3 Å². The molecule has 0 fully saturated rings. The maximum absolute atomic E-state index is 5.73. The molecule has 0 saturated carbocycles. The Kier molecular flexibility index (Phi) is 10.4. The number of rotatable bonds is 4. The number of H-pyrrole nitrogens is 2. The molecule has 4 nitrogen and oxygen atoms in total. The van der Waals surface area contributed by atoms with Crippen LogP contribution >= 0.6 is 0 Å². The van der Waals surface area contributed by atoms with Gasteiger partial charge in [0.2, 0.25) is 0 Å². The van der Waals surface area contributed by atoms with Gasteiger partial charge >= 0.3 is 0 Å². The standard InChI is InChI=1S/C60H62N4/c1-29-25-30(2)38(10)53(37(29)9)57-45-17-19-47(61-45)58(54-39(11)31(3)26-32(4)40(54)12)49-21-23-51(63-49)60(56-43(15)35(7)28-36(8)44(56)16)52-24-22-50(64-52)59(48-20-18-46(57)62-48)55-41(13)33(5)27-34(6)42(55)14/h17-28,61,64H,1-16H3. The highest BCUT2D eigenvalue weighted by molar-refractivity contribution is 6.02. The van der Waals surface area contributed by atoms with Crippen molar-refractivity contribution >= 4 is 46.4 Å². The molecule has 2 N–H and O–H groups in total. The van der Waals surface area contributed by atoms with Crippen molar-refractivity contribution in [2.24, 2.45) is 0 Å². The molecule has 0 atom stereocenters. The molecular weight excluding hydrogens is 777 g/mol. The first-order valence-corrected chi connectivity index (χ1v) is 22.8. The van der Waals surface area contributed by atoms with Gasteiger partial charge < -0.3 is 9.97 Å². The number of nitrogens with one attached hydrogen (secondary N) is 2. The van der Waals surface area contributed by atoms with Gasteiger partial charge in [0.15, 0.2) is 0 Å². The zero-order chi connectivity index (χ0) is 45.8. The number of aromatic amines is 2. The van der Waals surface area contributed by atoms with Crippen LogP contribution < -0.4 is 0 Å². The second-order valence-corrected chi connectivity index (χ2v) is 19.0. The van der Waals surface area contributed by atoms with Crippen molar-refractivity contribution in [1.29, 1.82) is 0 Å². The largest absolute Gasteiger partial charge is 0.354 e. The lowest BCUT2D eigenvalue weighted by Gasteiger charge is -2.18. The molecule has 0 radical (unpaired) electrons. The van der Waals surface area contributed by atoms with Gasteiger partial charge in [-0.2, -0.15) is 0 Å². The molecule has 3 aromatic heterocycles. The molecule has 0 aliphatic carbocycles. The molecule has 8 bridgehead atoms. The van der Waals surface area contributed by atoms with Crippen molar-refractivity contribution in [3.63, 3.8) is 0 Å². The van der Waals surface area contributed by atoms with Crippen molar-refractivity contribution in [2.45, 2.75) is 111 Å². The van der Waals surface area contributed by atoms with E-state index in [0.29, 0.717) is 0 Å². The molecule has 2 aliphatic heterocycles. The zero-order valence-corrected chi connectivity index (χ0v) is 40.8. The Bertz CT molecular complexity index is 2880. The lowest BCUT2D eigenvalue weighted by atomic mass is 9.88. The van der Waals surface area contributed by atoms with E-state index in [1.54, 1.807) is 0 Å². The SMILES string of the molecule is Cc1cc(C)c(C)c(-c2c3nc(c(-c4c(C)c(C)cc(C)c4C)c4ccc([nH]4)c(-c4c(C)c(C)cc(C)c4C)c4nc(c(-c5c(C)c(C)cc(C)c5C)c5ccc2[nH]5)C=C4)C=C3)c1C. The summed E-state index contributed by atoms with van der Waals surface area (Å²) in [6, 6.07) is 18.3. The Morgan fingerprint density at radius 3 is 0.594 bits per heavy atom. The molecule has 64 heavy (non-hydrogen) atoms. The van der Waals surface area contributed by atoms with Gasteiger partial charge in [-0.15, -0.1) is 0 Å². The van der Waals surface area contributed by atoms with Crippen LogP contribution in [0.2, 0.25) is 0 Å². The highest BCUT2D eigenvalue weighted by Crippen LogP contribution is 2.44. The van der Waals surface area contributed by atoms with E-state index in [9.17, 15) is 0 Å². The van der Waals surface area contributed by atoms with Gasteiger partial charge in [0, 0.05) is 44.3 Å². The van der Waals surface area contributed by atoms with Crippen LogP contribution in [-0.4, -0.2) is 19.9 Å². The first-order valence-electron chi connectivity index (χ1n) is 22.8. The molecular formula is C60H62N4. The van der Waals surface area contributed by atoms with Crippen molar-refractivity contribution < 1.29 is 0 Å². The van der Waals surface area contributed by atoms with E-state index in [1.165, 1.54) is 111 Å². The highest BCUT2D eigenvalue weighted by atomic mass is 14.8. The monoisotopic (exact) mass is 838 g/mol. The summed E-state index contributed by atoms with van der Waals surface area (Å²) in [5, 5.41) is 0. The Morgan fingerprint density at radius 1 is 0.250 bits per heavy atom. The molecule has 0 spiro atoms. The third kappa shape index (κ3) is 6.64. The van der Waals surface area contributed by atoms with Gasteiger partial charge in [0.05, 0.1) is 22.8 Å². The Labute approximate surface area is 380 Å². The highest BCUT2D eigenvalue weighted by Gasteiger charge is 2.25. The van der Waals surface area contributed by atoms with Crippen molar-refractivity contribution in [1.82, 2.24) is 19.9 Å². The maximum atomic E-state index is 5.73. The summed E-state index contributed by atoms with van der Waals surface area (Å²) in [6.07, 6.45) is 8.96. The smallest absolute Gasteiger partial charge is 0.0737 e. The summed E-state index contributed by atoms with van der Waals surface area (Å²) in [4.78, 5) is 19.6. The van der Waals surface area contributed by atoms with E-state index >= 15 is 0 Å². The third-order valence-corrected chi connectivity index (χ3v) is 15.2. The van der Waals surface area contributed by atoms with Gasteiger partial charge in [-0.25, -0.2) is 9.97 Å². The number of nitrogens with zero attached hydrogens (tertiary/aromatic N) is 2. The predicted molar refractivity (Wildman–Crippen MR) is 276 cm³/mol. The van der Waals surface area contributed by atoms with Crippen LogP contribution in [0.4, 0.5) is 0 Å². The predicted octanol–water partition coefficient (Wildman–Crippen LogP) is 16.3. The van der Waals surface area contributed by atoms with Crippen LogP contribution in [0.5, 0.6) is 0 Å². The third-order valence-electron chi connectivity index (χ3n) is 15.2. The minimum absolute atomic E-state index is 0.943. The van der Waals surface area contributed by atoms with Crippen LogP contribution in [0.1, 0.15) is 112 Å². The Balaban J connectivity index is 1.59. The summed E-state index contributed by atoms with van der Waals surface area (Å²) in [5.41, 5.74) is 37.5. The molecule has 9 rings (SSSR count). The number of hydrogen-bond acceptors (Lipinski definition) is 2. The van der Waals surface area contributed by atoms with Crippen LogP contribution in [0, 0.1) is 111 Å². The first-order chi connectivity index (χ1) is 30.4. The number of benzene rings is 4. The van der Waals surface area contributed by atoms with E-state index in [0.717, 1.165) is 67.1 Å². The fourth-order valence-corrected chi connectivity index (χ4v) is 10.6.